The largest absolute Gasteiger partial charge is 0.419 e. The van der Waals surface area contributed by atoms with Crippen molar-refractivity contribution in [1.29, 1.82) is 0 Å². The van der Waals surface area contributed by atoms with E-state index in [-0.39, 0.29) is 0 Å². The molecule has 0 radical (unpaired) electrons. The summed E-state index contributed by atoms with van der Waals surface area (Å²) in [5, 5.41) is 11.8. The average molecular weight is 252 g/mol. The molecule has 2 aromatic rings. The topological polar surface area (TPSA) is 51.0 Å². The number of nitrogens with one attached hydrogen (secondary N) is 1. The average Bonchev–Trinajstić information content (AvgIpc) is 2.79. The Morgan fingerprint density at radius 2 is 2.18 bits per heavy atom. The fourth-order valence-corrected chi connectivity index (χ4v) is 1.58. The molecule has 1 heterocycles. The van der Waals surface area contributed by atoms with E-state index in [2.05, 4.69) is 15.5 Å². The first-order valence-corrected chi connectivity index (χ1v) is 5.88. The molecule has 0 bridgehead atoms. The van der Waals surface area contributed by atoms with Gasteiger partial charge in [-0.1, -0.05) is 24.6 Å². The van der Waals surface area contributed by atoms with Crippen molar-refractivity contribution in [3.8, 4) is 11.5 Å². The molecule has 2 rings (SSSR count). The third-order valence-electron chi connectivity index (χ3n) is 2.41. The van der Waals surface area contributed by atoms with E-state index in [0.29, 0.717) is 23.3 Å². The minimum atomic E-state index is 0.500. The number of aryl methyl sites for hydroxylation is 1. The minimum Gasteiger partial charge on any atom is -0.419 e. The lowest BCUT2D eigenvalue weighted by atomic mass is 10.1. The van der Waals surface area contributed by atoms with Crippen LogP contribution in [-0.2, 0) is 6.54 Å². The van der Waals surface area contributed by atoms with E-state index in [1.165, 1.54) is 0 Å². The van der Waals surface area contributed by atoms with Crippen molar-refractivity contribution < 1.29 is 4.42 Å². The number of hydrogen-bond acceptors (Lipinski definition) is 4. The maximum absolute atomic E-state index is 6.05. The smallest absolute Gasteiger partial charge is 0.247 e. The van der Waals surface area contributed by atoms with Gasteiger partial charge in [0.2, 0.25) is 11.8 Å². The van der Waals surface area contributed by atoms with Crippen molar-refractivity contribution in [3.05, 3.63) is 34.7 Å². The molecule has 0 aliphatic heterocycles. The van der Waals surface area contributed by atoms with Crippen LogP contribution in [0.4, 0.5) is 0 Å². The molecule has 0 aliphatic carbocycles. The number of benzene rings is 1. The van der Waals surface area contributed by atoms with Gasteiger partial charge >= 0.3 is 0 Å². The van der Waals surface area contributed by atoms with E-state index in [1.807, 2.05) is 32.0 Å². The van der Waals surface area contributed by atoms with E-state index in [9.17, 15) is 0 Å². The lowest BCUT2D eigenvalue weighted by Crippen LogP contribution is -2.11. The molecular formula is C12H14ClN3O. The highest BCUT2D eigenvalue weighted by molar-refractivity contribution is 6.31. The second-order valence-electron chi connectivity index (χ2n) is 3.75. The van der Waals surface area contributed by atoms with Gasteiger partial charge in [-0.3, -0.25) is 0 Å². The first kappa shape index (κ1) is 12.1. The molecule has 0 atom stereocenters. The van der Waals surface area contributed by atoms with Crippen LogP contribution in [0.5, 0.6) is 0 Å². The zero-order chi connectivity index (χ0) is 12.3. The molecule has 4 nitrogen and oxygen atoms in total. The Labute approximate surface area is 105 Å². The van der Waals surface area contributed by atoms with Gasteiger partial charge in [-0.2, -0.15) is 0 Å². The van der Waals surface area contributed by atoms with Crippen LogP contribution in [0.25, 0.3) is 11.5 Å². The zero-order valence-corrected chi connectivity index (χ0v) is 10.6. The van der Waals surface area contributed by atoms with Crippen LogP contribution in [0.3, 0.4) is 0 Å². The summed E-state index contributed by atoms with van der Waals surface area (Å²) in [4.78, 5) is 0. The van der Waals surface area contributed by atoms with Gasteiger partial charge in [0.25, 0.3) is 0 Å². The summed E-state index contributed by atoms with van der Waals surface area (Å²) in [7, 11) is 0. The molecule has 0 saturated carbocycles. The Morgan fingerprint density at radius 3 is 2.88 bits per heavy atom. The maximum Gasteiger partial charge on any atom is 0.247 e. The molecule has 5 heteroatoms. The Hall–Kier alpha value is -1.39. The fourth-order valence-electron chi connectivity index (χ4n) is 1.40. The van der Waals surface area contributed by atoms with E-state index in [1.54, 1.807) is 0 Å². The van der Waals surface area contributed by atoms with Crippen molar-refractivity contribution in [2.24, 2.45) is 0 Å². The monoisotopic (exact) mass is 251 g/mol. The molecule has 0 saturated heterocycles. The number of hydrogen-bond donors (Lipinski definition) is 1. The van der Waals surface area contributed by atoms with Gasteiger partial charge in [0.05, 0.1) is 6.54 Å². The first-order chi connectivity index (χ1) is 8.20. The van der Waals surface area contributed by atoms with E-state index >= 15 is 0 Å². The van der Waals surface area contributed by atoms with Crippen LogP contribution in [0.2, 0.25) is 5.02 Å². The molecule has 17 heavy (non-hydrogen) atoms. The third kappa shape index (κ3) is 2.84. The summed E-state index contributed by atoms with van der Waals surface area (Å²) in [5.74, 6) is 1.08. The predicted molar refractivity (Wildman–Crippen MR) is 66.9 cm³/mol. The summed E-state index contributed by atoms with van der Waals surface area (Å²) in [6.07, 6.45) is 0. The van der Waals surface area contributed by atoms with Crippen molar-refractivity contribution in [1.82, 2.24) is 15.5 Å². The quantitative estimate of drug-likeness (QED) is 0.908. The highest BCUT2D eigenvalue weighted by Crippen LogP contribution is 2.24. The molecule has 0 aliphatic rings. The van der Waals surface area contributed by atoms with Crippen LogP contribution < -0.4 is 5.32 Å². The van der Waals surface area contributed by atoms with Crippen molar-refractivity contribution in [2.75, 3.05) is 6.54 Å². The molecule has 1 aromatic carbocycles. The predicted octanol–water partition coefficient (Wildman–Crippen LogP) is 2.81. The molecule has 1 aromatic heterocycles. The molecular weight excluding hydrogens is 238 g/mol. The van der Waals surface area contributed by atoms with Gasteiger partial charge in [0, 0.05) is 10.6 Å². The lowest BCUT2D eigenvalue weighted by Gasteiger charge is -1.99. The second-order valence-corrected chi connectivity index (χ2v) is 4.15. The summed E-state index contributed by atoms with van der Waals surface area (Å²) < 4.78 is 5.52. The fraction of sp³-hybridized carbons (Fsp3) is 0.333. The van der Waals surface area contributed by atoms with E-state index in [0.717, 1.165) is 17.7 Å². The van der Waals surface area contributed by atoms with Gasteiger partial charge in [0.1, 0.15) is 0 Å². The van der Waals surface area contributed by atoms with Crippen molar-refractivity contribution >= 4 is 11.6 Å². The Morgan fingerprint density at radius 1 is 1.35 bits per heavy atom. The molecule has 0 spiro atoms. The minimum absolute atomic E-state index is 0.500. The first-order valence-electron chi connectivity index (χ1n) is 5.50. The highest BCUT2D eigenvalue weighted by atomic mass is 35.5. The van der Waals surface area contributed by atoms with Crippen LogP contribution in [0.1, 0.15) is 18.4 Å². The van der Waals surface area contributed by atoms with Gasteiger partial charge in [-0.05, 0) is 31.2 Å². The lowest BCUT2D eigenvalue weighted by molar-refractivity contribution is 0.482. The normalized spacial score (nSPS) is 10.8. The highest BCUT2D eigenvalue weighted by Gasteiger charge is 2.09. The van der Waals surface area contributed by atoms with Crippen LogP contribution in [-0.4, -0.2) is 16.7 Å². The van der Waals surface area contributed by atoms with Crippen molar-refractivity contribution in [3.63, 3.8) is 0 Å². The third-order valence-corrected chi connectivity index (χ3v) is 2.82. The Bertz CT molecular complexity index is 510. The molecule has 0 unspecified atom stereocenters. The van der Waals surface area contributed by atoms with E-state index < -0.39 is 0 Å². The maximum atomic E-state index is 6.05. The van der Waals surface area contributed by atoms with Crippen molar-refractivity contribution in [2.45, 2.75) is 20.4 Å². The standard InChI is InChI=1S/C12H14ClN3O/c1-3-14-7-11-15-16-12(17-11)9-5-4-8(2)10(13)6-9/h4-6,14H,3,7H2,1-2H3. The number of nitrogens with zero attached hydrogens (tertiary/aromatic N) is 2. The number of halogens is 1. The summed E-state index contributed by atoms with van der Waals surface area (Å²) in [5.41, 5.74) is 1.87. The zero-order valence-electron chi connectivity index (χ0n) is 9.83. The molecule has 90 valence electrons. The molecule has 1 N–H and O–H groups in total. The van der Waals surface area contributed by atoms with Crippen LogP contribution >= 0.6 is 11.6 Å². The Kier molecular flexibility index (Phi) is 3.76. The van der Waals surface area contributed by atoms with Gasteiger partial charge in [-0.15, -0.1) is 10.2 Å². The van der Waals surface area contributed by atoms with Crippen LogP contribution in [0, 0.1) is 6.92 Å². The van der Waals surface area contributed by atoms with E-state index in [4.69, 9.17) is 16.0 Å². The number of aromatic nitrogens is 2. The molecule has 0 fully saturated rings. The van der Waals surface area contributed by atoms with Gasteiger partial charge < -0.3 is 9.73 Å². The molecule has 0 amide bonds. The SMILES string of the molecule is CCNCc1nnc(-c2ccc(C)c(Cl)c2)o1. The summed E-state index contributed by atoms with van der Waals surface area (Å²) in [6, 6.07) is 5.69. The summed E-state index contributed by atoms with van der Waals surface area (Å²) >= 11 is 6.05. The van der Waals surface area contributed by atoms with Gasteiger partial charge in [-0.25, -0.2) is 0 Å². The van der Waals surface area contributed by atoms with Gasteiger partial charge in [0.15, 0.2) is 0 Å². The second kappa shape index (κ2) is 5.29. The number of rotatable bonds is 4. The summed E-state index contributed by atoms with van der Waals surface area (Å²) in [6.45, 7) is 5.44. The van der Waals surface area contributed by atoms with Crippen LogP contribution in [0.15, 0.2) is 22.6 Å². The Balaban J connectivity index is 2.21.